The highest BCUT2D eigenvalue weighted by atomic mass is 16.5. The zero-order chi connectivity index (χ0) is 10.6. The summed E-state index contributed by atoms with van der Waals surface area (Å²) >= 11 is 0. The molecule has 0 unspecified atom stereocenters. The molecule has 1 aromatic heterocycles. The maximum absolute atomic E-state index is 10.8. The molecule has 0 radical (unpaired) electrons. The molecule has 0 bridgehead atoms. The van der Waals surface area contributed by atoms with Crippen molar-refractivity contribution in [3.8, 4) is 17.4 Å². The summed E-state index contributed by atoms with van der Waals surface area (Å²) in [7, 11) is 4.34. The SMILES string of the molecule is COc1cnc(OC)c(OC)c1C=O. The molecule has 0 saturated carbocycles. The molecule has 76 valence electrons. The number of carbonyl (C=O) groups is 1. The lowest BCUT2D eigenvalue weighted by Crippen LogP contribution is -2.00. The third-order valence-electron chi connectivity index (χ3n) is 1.74. The fraction of sp³-hybridized carbons (Fsp3) is 0.333. The fourth-order valence-electron chi connectivity index (χ4n) is 1.09. The van der Waals surface area contributed by atoms with Gasteiger partial charge >= 0.3 is 0 Å². The fourth-order valence-corrected chi connectivity index (χ4v) is 1.09. The summed E-state index contributed by atoms with van der Waals surface area (Å²) in [6, 6.07) is 0. The van der Waals surface area contributed by atoms with Crippen molar-refractivity contribution in [3.63, 3.8) is 0 Å². The molecule has 5 nitrogen and oxygen atoms in total. The summed E-state index contributed by atoms with van der Waals surface area (Å²) in [5.74, 6) is 0.898. The van der Waals surface area contributed by atoms with Gasteiger partial charge < -0.3 is 14.2 Å². The van der Waals surface area contributed by atoms with Gasteiger partial charge in [-0.1, -0.05) is 0 Å². The van der Waals surface area contributed by atoms with Gasteiger partial charge in [0.1, 0.15) is 5.56 Å². The van der Waals surface area contributed by atoms with Gasteiger partial charge in [-0.25, -0.2) is 4.98 Å². The number of hydrogen-bond donors (Lipinski definition) is 0. The van der Waals surface area contributed by atoms with Crippen molar-refractivity contribution < 1.29 is 19.0 Å². The van der Waals surface area contributed by atoms with Crippen LogP contribution in [0.4, 0.5) is 0 Å². The van der Waals surface area contributed by atoms with Crippen LogP contribution in [0.3, 0.4) is 0 Å². The highest BCUT2D eigenvalue weighted by Gasteiger charge is 2.15. The lowest BCUT2D eigenvalue weighted by Gasteiger charge is -2.10. The Morgan fingerprint density at radius 3 is 2.36 bits per heavy atom. The van der Waals surface area contributed by atoms with Crippen LogP contribution in [0.2, 0.25) is 0 Å². The molecule has 5 heteroatoms. The van der Waals surface area contributed by atoms with Gasteiger partial charge in [0.15, 0.2) is 17.8 Å². The van der Waals surface area contributed by atoms with Crippen molar-refractivity contribution in [2.45, 2.75) is 0 Å². The van der Waals surface area contributed by atoms with Crippen molar-refractivity contribution >= 4 is 6.29 Å². The predicted molar refractivity (Wildman–Crippen MR) is 49.3 cm³/mol. The molecule has 1 aromatic rings. The molecular formula is C9H11NO4. The molecule has 0 aliphatic carbocycles. The van der Waals surface area contributed by atoms with Crippen molar-refractivity contribution in [3.05, 3.63) is 11.8 Å². The van der Waals surface area contributed by atoms with Gasteiger partial charge in [-0.3, -0.25) is 4.79 Å². The minimum absolute atomic E-state index is 0.260. The summed E-state index contributed by atoms with van der Waals surface area (Å²) in [5.41, 5.74) is 0.293. The van der Waals surface area contributed by atoms with E-state index in [0.29, 0.717) is 17.6 Å². The van der Waals surface area contributed by atoms with E-state index in [4.69, 9.17) is 14.2 Å². The van der Waals surface area contributed by atoms with E-state index >= 15 is 0 Å². The molecule has 0 aliphatic heterocycles. The van der Waals surface area contributed by atoms with E-state index in [0.717, 1.165) is 0 Å². The molecular weight excluding hydrogens is 186 g/mol. The molecule has 14 heavy (non-hydrogen) atoms. The highest BCUT2D eigenvalue weighted by Crippen LogP contribution is 2.33. The zero-order valence-corrected chi connectivity index (χ0v) is 8.23. The van der Waals surface area contributed by atoms with Crippen LogP contribution < -0.4 is 14.2 Å². The van der Waals surface area contributed by atoms with E-state index in [1.807, 2.05) is 0 Å². The van der Waals surface area contributed by atoms with E-state index in [9.17, 15) is 4.79 Å². The molecule has 0 fully saturated rings. The third-order valence-corrected chi connectivity index (χ3v) is 1.74. The largest absolute Gasteiger partial charge is 0.494 e. The summed E-state index contributed by atoms with van der Waals surface area (Å²) in [4.78, 5) is 14.7. The van der Waals surface area contributed by atoms with Crippen molar-refractivity contribution in [1.82, 2.24) is 4.98 Å². The van der Waals surface area contributed by atoms with Gasteiger partial charge in [-0.05, 0) is 0 Å². The minimum Gasteiger partial charge on any atom is -0.494 e. The van der Waals surface area contributed by atoms with Gasteiger partial charge in [-0.15, -0.1) is 0 Å². The molecule has 0 aliphatic rings. The Morgan fingerprint density at radius 1 is 1.21 bits per heavy atom. The van der Waals surface area contributed by atoms with Crippen LogP contribution in [0.1, 0.15) is 10.4 Å². The second-order valence-electron chi connectivity index (χ2n) is 2.40. The minimum atomic E-state index is 0.260. The Bertz CT molecular complexity index is 338. The first kappa shape index (κ1) is 10.3. The lowest BCUT2D eigenvalue weighted by atomic mass is 10.2. The number of nitrogens with zero attached hydrogens (tertiary/aromatic N) is 1. The van der Waals surface area contributed by atoms with Crippen LogP contribution in [0.5, 0.6) is 17.4 Å². The lowest BCUT2D eigenvalue weighted by molar-refractivity contribution is 0.111. The smallest absolute Gasteiger partial charge is 0.257 e. The summed E-state index contributed by atoms with van der Waals surface area (Å²) in [6.07, 6.45) is 2.05. The quantitative estimate of drug-likeness (QED) is 0.672. The molecule has 0 amide bonds. The Labute approximate surface area is 81.6 Å². The first-order valence-corrected chi connectivity index (χ1v) is 3.88. The third kappa shape index (κ3) is 1.61. The average Bonchev–Trinajstić information content (AvgIpc) is 2.26. The van der Waals surface area contributed by atoms with E-state index in [2.05, 4.69) is 4.98 Å². The zero-order valence-electron chi connectivity index (χ0n) is 8.23. The van der Waals surface area contributed by atoms with E-state index in [1.165, 1.54) is 27.5 Å². The molecule has 0 atom stereocenters. The second kappa shape index (κ2) is 4.45. The van der Waals surface area contributed by atoms with E-state index in [-0.39, 0.29) is 11.6 Å². The number of rotatable bonds is 4. The van der Waals surface area contributed by atoms with Gasteiger partial charge in [-0.2, -0.15) is 0 Å². The highest BCUT2D eigenvalue weighted by molar-refractivity contribution is 5.84. The van der Waals surface area contributed by atoms with E-state index in [1.54, 1.807) is 0 Å². The summed E-state index contributed by atoms with van der Waals surface area (Å²) in [5, 5.41) is 0. The van der Waals surface area contributed by atoms with E-state index < -0.39 is 0 Å². The van der Waals surface area contributed by atoms with Crippen LogP contribution in [0.25, 0.3) is 0 Å². The summed E-state index contributed by atoms with van der Waals surface area (Å²) < 4.78 is 14.9. The number of aromatic nitrogens is 1. The molecule has 1 rings (SSSR count). The average molecular weight is 197 g/mol. The maximum atomic E-state index is 10.8. The van der Waals surface area contributed by atoms with Crippen molar-refractivity contribution in [2.75, 3.05) is 21.3 Å². The van der Waals surface area contributed by atoms with Crippen LogP contribution in [-0.2, 0) is 0 Å². The Balaban J connectivity index is 3.35. The number of aldehydes is 1. The van der Waals surface area contributed by atoms with Gasteiger partial charge in [0.25, 0.3) is 5.88 Å². The number of methoxy groups -OCH3 is 3. The number of hydrogen-bond acceptors (Lipinski definition) is 5. The van der Waals surface area contributed by atoms with Crippen LogP contribution in [0.15, 0.2) is 6.20 Å². The van der Waals surface area contributed by atoms with Crippen molar-refractivity contribution in [2.24, 2.45) is 0 Å². The maximum Gasteiger partial charge on any atom is 0.257 e. The molecule has 0 saturated heterocycles. The van der Waals surface area contributed by atoms with Crippen LogP contribution >= 0.6 is 0 Å². The van der Waals surface area contributed by atoms with Crippen molar-refractivity contribution in [1.29, 1.82) is 0 Å². The first-order valence-electron chi connectivity index (χ1n) is 3.88. The Morgan fingerprint density at radius 2 is 1.93 bits per heavy atom. The van der Waals surface area contributed by atoms with Gasteiger partial charge in [0.2, 0.25) is 0 Å². The van der Waals surface area contributed by atoms with Gasteiger partial charge in [0.05, 0.1) is 27.5 Å². The predicted octanol–water partition coefficient (Wildman–Crippen LogP) is 0.920. The first-order chi connectivity index (χ1) is 6.78. The van der Waals surface area contributed by atoms with Crippen LogP contribution in [0, 0.1) is 0 Å². The second-order valence-corrected chi connectivity index (χ2v) is 2.40. The Kier molecular flexibility index (Phi) is 3.28. The monoisotopic (exact) mass is 197 g/mol. The van der Waals surface area contributed by atoms with Crippen LogP contribution in [-0.4, -0.2) is 32.6 Å². The standard InChI is InChI=1S/C9H11NO4/c1-12-7-4-10-9(14-3)8(13-2)6(7)5-11/h4-5H,1-3H3. The molecule has 0 aromatic carbocycles. The summed E-state index contributed by atoms with van der Waals surface area (Å²) in [6.45, 7) is 0. The van der Waals surface area contributed by atoms with Gasteiger partial charge in [0, 0.05) is 0 Å². The molecule has 1 heterocycles. The number of ether oxygens (including phenoxy) is 3. The normalized spacial score (nSPS) is 9.36. The molecule has 0 spiro atoms. The topological polar surface area (TPSA) is 57.6 Å². The number of pyridine rings is 1. The Hall–Kier alpha value is -1.78. The number of carbonyl (C=O) groups excluding carboxylic acids is 1. The molecule has 0 N–H and O–H groups in total.